The molecule has 5 aliphatic rings. The zero-order valence-electron chi connectivity index (χ0n) is 22.3. The summed E-state index contributed by atoms with van der Waals surface area (Å²) in [6.45, 7) is 1.84. The molecule has 10 heteroatoms. The zero-order valence-corrected chi connectivity index (χ0v) is 23.8. The maximum Gasteiger partial charge on any atom is 0.264 e. The number of ether oxygens (including phenoxy) is 1. The molecule has 2 N–H and O–H groups in total. The van der Waals surface area contributed by atoms with E-state index in [4.69, 9.17) is 16.3 Å². The molecular weight excluding hydrogens is 550 g/mol. The van der Waals surface area contributed by atoms with Crippen LogP contribution in [0.4, 0.5) is 5.69 Å². The second-order valence-electron chi connectivity index (χ2n) is 12.4. The lowest BCUT2D eigenvalue weighted by atomic mass is 9.69. The third-order valence-corrected chi connectivity index (χ3v) is 11.3. The minimum Gasteiger partial charge on any atom is -0.490 e. The van der Waals surface area contributed by atoms with Gasteiger partial charge in [-0.25, -0.2) is 18.1 Å². The molecule has 1 spiro atoms. The molecule has 2 aliphatic heterocycles. The van der Waals surface area contributed by atoms with Crippen molar-refractivity contribution in [3.63, 3.8) is 0 Å². The van der Waals surface area contributed by atoms with Crippen LogP contribution in [0.15, 0.2) is 42.5 Å². The number of nitrogens with one attached hydrogen (secondary N) is 1. The first-order valence-electron chi connectivity index (χ1n) is 14.3. The van der Waals surface area contributed by atoms with Crippen LogP contribution in [0, 0.1) is 23.7 Å². The quantitative estimate of drug-likeness (QED) is 0.358. The number of hydrogen-bond donors (Lipinski definition) is 2. The van der Waals surface area contributed by atoms with Crippen LogP contribution in [-0.4, -0.2) is 56.0 Å². The predicted octanol–water partition coefficient (Wildman–Crippen LogP) is 3.86. The molecule has 2 fully saturated rings. The van der Waals surface area contributed by atoms with E-state index in [0.29, 0.717) is 30.6 Å². The molecule has 212 valence electrons. The molecule has 6 atom stereocenters. The lowest BCUT2D eigenvalue weighted by Crippen LogP contribution is -2.49. The Labute approximate surface area is 239 Å². The predicted molar refractivity (Wildman–Crippen MR) is 152 cm³/mol. The van der Waals surface area contributed by atoms with Crippen LogP contribution in [0.3, 0.4) is 0 Å². The summed E-state index contributed by atoms with van der Waals surface area (Å²) in [5.74, 6) is 0.456. The number of benzene rings is 1. The molecule has 1 aromatic heterocycles. The van der Waals surface area contributed by atoms with E-state index in [1.807, 2.05) is 18.2 Å². The summed E-state index contributed by atoms with van der Waals surface area (Å²) in [7, 11) is -3.80. The van der Waals surface area contributed by atoms with Crippen LogP contribution in [-0.2, 0) is 21.9 Å². The summed E-state index contributed by atoms with van der Waals surface area (Å²) in [5.41, 5.74) is 2.91. The number of aliphatic hydroxyl groups is 1. The highest BCUT2D eigenvalue weighted by Gasteiger charge is 2.45. The minimum absolute atomic E-state index is 0.0336. The van der Waals surface area contributed by atoms with Crippen LogP contribution in [0.25, 0.3) is 0 Å². The molecule has 8 nitrogen and oxygen atoms in total. The van der Waals surface area contributed by atoms with E-state index in [-0.39, 0.29) is 40.4 Å². The van der Waals surface area contributed by atoms with Crippen molar-refractivity contribution in [2.24, 2.45) is 23.7 Å². The van der Waals surface area contributed by atoms with Gasteiger partial charge in [0.2, 0.25) is 10.0 Å². The summed E-state index contributed by atoms with van der Waals surface area (Å²) in [4.78, 5) is 20.1. The monoisotopic (exact) mass is 583 g/mol. The highest BCUT2D eigenvalue weighted by molar-refractivity contribution is 7.90. The van der Waals surface area contributed by atoms with Gasteiger partial charge in [0.1, 0.15) is 10.9 Å². The van der Waals surface area contributed by atoms with Crippen molar-refractivity contribution in [2.75, 3.05) is 30.3 Å². The van der Waals surface area contributed by atoms with Gasteiger partial charge >= 0.3 is 0 Å². The van der Waals surface area contributed by atoms with Crippen molar-refractivity contribution in [3.8, 4) is 5.75 Å². The summed E-state index contributed by atoms with van der Waals surface area (Å²) < 4.78 is 34.4. The number of pyridine rings is 1. The molecule has 0 radical (unpaired) electrons. The van der Waals surface area contributed by atoms with Gasteiger partial charge in [-0.3, -0.25) is 4.79 Å². The van der Waals surface area contributed by atoms with Gasteiger partial charge in [0, 0.05) is 29.8 Å². The molecule has 3 aliphatic carbocycles. The number of allylic oxidation sites excluding steroid dienone is 1. The molecule has 0 unspecified atom stereocenters. The van der Waals surface area contributed by atoms with Gasteiger partial charge < -0.3 is 14.7 Å². The summed E-state index contributed by atoms with van der Waals surface area (Å²) in [6, 6.07) is 9.10. The molecule has 2 bridgehead atoms. The van der Waals surface area contributed by atoms with Gasteiger partial charge in [0.05, 0.1) is 24.2 Å². The van der Waals surface area contributed by atoms with Crippen LogP contribution in [0.2, 0.25) is 5.15 Å². The highest BCUT2D eigenvalue weighted by Crippen LogP contribution is 2.47. The maximum atomic E-state index is 13.2. The average Bonchev–Trinajstić information content (AvgIpc) is 3.65. The number of aryl methyl sites for hydroxylation is 1. The molecule has 3 heterocycles. The maximum absolute atomic E-state index is 13.2. The number of carbonyl (C=O) groups excluding carboxylic acids is 1. The number of aromatic nitrogens is 1. The third kappa shape index (κ3) is 4.80. The van der Waals surface area contributed by atoms with E-state index in [1.165, 1.54) is 0 Å². The number of carbonyl (C=O) groups is 1. The van der Waals surface area contributed by atoms with Crippen molar-refractivity contribution in [1.29, 1.82) is 0 Å². The molecule has 0 saturated heterocycles. The fraction of sp³-hybridized carbons (Fsp3) is 0.533. The first kappa shape index (κ1) is 26.3. The number of anilines is 1. The smallest absolute Gasteiger partial charge is 0.264 e. The van der Waals surface area contributed by atoms with Gasteiger partial charge in [-0.15, -0.1) is 0 Å². The van der Waals surface area contributed by atoms with E-state index in [2.05, 4.69) is 20.7 Å². The van der Waals surface area contributed by atoms with E-state index < -0.39 is 22.0 Å². The number of rotatable bonds is 0. The Morgan fingerprint density at radius 3 is 2.85 bits per heavy atom. The Kier molecular flexibility index (Phi) is 6.40. The van der Waals surface area contributed by atoms with E-state index in [9.17, 15) is 18.3 Å². The second-order valence-corrected chi connectivity index (χ2v) is 14.5. The minimum atomic E-state index is -3.80. The third-order valence-electron chi connectivity index (χ3n) is 9.72. The first-order chi connectivity index (χ1) is 19.2. The zero-order chi connectivity index (χ0) is 27.6. The number of fused-ring (bicyclic) bond motifs is 5. The number of nitrogens with zero attached hydrogens (tertiary/aromatic N) is 2. The molecule has 40 heavy (non-hydrogen) atoms. The average molecular weight is 584 g/mol. The number of hydrogen-bond acceptors (Lipinski definition) is 7. The molecule has 1 aromatic carbocycles. The molecule has 2 saturated carbocycles. The van der Waals surface area contributed by atoms with Crippen LogP contribution in [0.1, 0.15) is 53.7 Å². The second kappa shape index (κ2) is 9.74. The molecular formula is C30H34ClN3O5S. The number of sulfonamides is 1. The van der Waals surface area contributed by atoms with Crippen molar-refractivity contribution in [2.45, 2.75) is 50.0 Å². The Morgan fingerprint density at radius 2 is 2.02 bits per heavy atom. The first-order valence-corrected chi connectivity index (χ1v) is 16.3. The lowest BCUT2D eigenvalue weighted by molar-refractivity contribution is 0.0455. The highest BCUT2D eigenvalue weighted by atomic mass is 35.5. The van der Waals surface area contributed by atoms with Gasteiger partial charge in [0.15, 0.2) is 0 Å². The lowest BCUT2D eigenvalue weighted by Gasteiger charge is -2.45. The fourth-order valence-corrected chi connectivity index (χ4v) is 8.87. The standard InChI is InChI=1S/C30H34ClN3O5S/c31-28-10-7-23-24(32-28)2-1-11-30(23)16-34-14-20-3-6-22(20)26(35)8-4-18-12-21(18)15-40(37,38)33-29(36)19-5-9-27(39-17-30)25(34)13-19/h4-5,7-10,13,18,20-22,26,35H,1-3,6,11-12,14-17H2,(H,33,36)/b8-4+/t18-,20-,21+,22+,26-,30-/m0/s1. The molecule has 1 amide bonds. The van der Waals surface area contributed by atoms with Gasteiger partial charge in [-0.2, -0.15) is 0 Å². The van der Waals surface area contributed by atoms with Crippen molar-refractivity contribution in [3.05, 3.63) is 64.5 Å². The molecule has 2 aromatic rings. The topological polar surface area (TPSA) is 109 Å². The number of halogens is 1. The van der Waals surface area contributed by atoms with E-state index in [0.717, 1.165) is 55.5 Å². The summed E-state index contributed by atoms with van der Waals surface area (Å²) >= 11 is 6.26. The Morgan fingerprint density at radius 1 is 1.15 bits per heavy atom. The summed E-state index contributed by atoms with van der Waals surface area (Å²) in [5, 5.41) is 11.6. The largest absolute Gasteiger partial charge is 0.490 e. The van der Waals surface area contributed by atoms with Gasteiger partial charge in [0.25, 0.3) is 5.91 Å². The number of aliphatic hydroxyl groups excluding tert-OH is 1. The molecule has 7 rings (SSSR count). The van der Waals surface area contributed by atoms with E-state index in [1.54, 1.807) is 18.2 Å². The van der Waals surface area contributed by atoms with Gasteiger partial charge in [-0.1, -0.05) is 29.8 Å². The van der Waals surface area contributed by atoms with Crippen molar-refractivity contribution in [1.82, 2.24) is 9.71 Å². The SMILES string of the molecule is O=C1NS(=O)(=O)C[C@H]2C[C@@H]2/C=C/[C@H](O)[C@@H]2CC[C@H]2CN2C[C@@]3(CCCc4nc(Cl)ccc43)COc3ccc1cc32. The van der Waals surface area contributed by atoms with Crippen molar-refractivity contribution < 1.29 is 23.1 Å². The van der Waals surface area contributed by atoms with Gasteiger partial charge in [-0.05, 0) is 92.0 Å². The van der Waals surface area contributed by atoms with Crippen LogP contribution in [0.5, 0.6) is 5.75 Å². The van der Waals surface area contributed by atoms with E-state index >= 15 is 0 Å². The Balaban J connectivity index is 1.29. The van der Waals surface area contributed by atoms with Crippen LogP contribution >= 0.6 is 11.6 Å². The van der Waals surface area contributed by atoms with Crippen molar-refractivity contribution >= 4 is 33.2 Å². The fourth-order valence-electron chi connectivity index (χ4n) is 7.27. The normalized spacial score (nSPS) is 35.1. The Hall–Kier alpha value is -2.62. The Bertz CT molecular complexity index is 1500. The summed E-state index contributed by atoms with van der Waals surface area (Å²) in [6.07, 6.45) is 8.77. The number of amides is 1. The van der Waals surface area contributed by atoms with Crippen LogP contribution < -0.4 is 14.4 Å².